The number of likely N-dealkylation sites (N-methyl/N-ethyl adjacent to an activating group) is 1. The highest BCUT2D eigenvalue weighted by Crippen LogP contribution is 2.35. The van der Waals surface area contributed by atoms with Gasteiger partial charge in [-0.2, -0.15) is 0 Å². The van der Waals surface area contributed by atoms with E-state index in [0.717, 1.165) is 31.5 Å². The Morgan fingerprint density at radius 1 is 1.16 bits per heavy atom. The number of likely N-dealkylation sites (tertiary alicyclic amines) is 1. The van der Waals surface area contributed by atoms with Crippen LogP contribution in [0.15, 0.2) is 18.2 Å². The highest BCUT2D eigenvalue weighted by atomic mass is 35.5. The third-order valence-corrected chi connectivity index (χ3v) is 5.82. The van der Waals surface area contributed by atoms with Gasteiger partial charge in [-0.05, 0) is 30.5 Å². The van der Waals surface area contributed by atoms with Gasteiger partial charge < -0.3 is 9.80 Å². The second-order valence-electron chi connectivity index (χ2n) is 6.76. The Labute approximate surface area is 158 Å². The third-order valence-electron chi connectivity index (χ3n) is 5.08. The second kappa shape index (κ2) is 7.94. The van der Waals surface area contributed by atoms with Gasteiger partial charge in [-0.3, -0.25) is 14.5 Å². The summed E-state index contributed by atoms with van der Waals surface area (Å²) in [6, 6.07) is 5.65. The van der Waals surface area contributed by atoms with Crippen molar-refractivity contribution < 1.29 is 9.59 Å². The van der Waals surface area contributed by atoms with Crippen LogP contribution in [-0.4, -0.2) is 66.3 Å². The number of hydrogen-bond acceptors (Lipinski definition) is 3. The summed E-state index contributed by atoms with van der Waals surface area (Å²) in [6.45, 7) is 3.16. The zero-order valence-electron chi connectivity index (χ0n) is 14.4. The van der Waals surface area contributed by atoms with Crippen LogP contribution < -0.4 is 0 Å². The number of nitrogens with zero attached hydrogens (tertiary/aromatic N) is 3. The van der Waals surface area contributed by atoms with Crippen LogP contribution in [0.25, 0.3) is 0 Å². The highest BCUT2D eigenvalue weighted by molar-refractivity contribution is 6.42. The van der Waals surface area contributed by atoms with Crippen molar-refractivity contribution in [3.05, 3.63) is 33.8 Å². The fraction of sp³-hybridized carbons (Fsp3) is 0.556. The van der Waals surface area contributed by atoms with Crippen molar-refractivity contribution in [1.29, 1.82) is 0 Å². The standard InChI is InChI=1S/C18H23Cl2N3O2/c1-21-9-10-22(8-6-17(21)24)12-18(25)23-7-2-3-16(23)13-4-5-14(19)15(20)11-13/h4-5,11,16H,2-3,6-10,12H2,1H3. The monoisotopic (exact) mass is 383 g/mol. The molecular formula is C18H23Cl2N3O2. The lowest BCUT2D eigenvalue weighted by Gasteiger charge is -2.28. The van der Waals surface area contributed by atoms with Crippen molar-refractivity contribution in [1.82, 2.24) is 14.7 Å². The Balaban J connectivity index is 1.66. The van der Waals surface area contributed by atoms with Gasteiger partial charge in [0.15, 0.2) is 0 Å². The molecule has 2 aliphatic rings. The Morgan fingerprint density at radius 2 is 1.96 bits per heavy atom. The summed E-state index contributed by atoms with van der Waals surface area (Å²) in [7, 11) is 1.81. The molecule has 2 fully saturated rings. The number of benzene rings is 1. The molecule has 1 aromatic carbocycles. The first-order chi connectivity index (χ1) is 12.0. The van der Waals surface area contributed by atoms with Gasteiger partial charge in [0.05, 0.1) is 22.6 Å². The van der Waals surface area contributed by atoms with E-state index < -0.39 is 0 Å². The van der Waals surface area contributed by atoms with E-state index in [1.165, 1.54) is 0 Å². The topological polar surface area (TPSA) is 43.9 Å². The molecule has 1 aromatic rings. The van der Waals surface area contributed by atoms with Crippen LogP contribution in [0.4, 0.5) is 0 Å². The van der Waals surface area contributed by atoms with Crippen LogP contribution in [0.5, 0.6) is 0 Å². The van der Waals surface area contributed by atoms with Crippen molar-refractivity contribution in [2.75, 3.05) is 39.8 Å². The summed E-state index contributed by atoms with van der Waals surface area (Å²) in [5, 5.41) is 1.05. The fourth-order valence-corrected chi connectivity index (χ4v) is 3.85. The molecule has 2 amide bonds. The van der Waals surface area contributed by atoms with Gasteiger partial charge in [-0.15, -0.1) is 0 Å². The SMILES string of the molecule is CN1CCN(CC(=O)N2CCCC2c2ccc(Cl)c(Cl)c2)CCC1=O. The van der Waals surface area contributed by atoms with Crippen molar-refractivity contribution in [2.24, 2.45) is 0 Å². The van der Waals surface area contributed by atoms with Crippen molar-refractivity contribution >= 4 is 35.0 Å². The van der Waals surface area contributed by atoms with Gasteiger partial charge in [0.25, 0.3) is 0 Å². The first kappa shape index (κ1) is 18.5. The molecule has 5 nitrogen and oxygen atoms in total. The lowest BCUT2D eigenvalue weighted by molar-refractivity contribution is -0.133. The zero-order chi connectivity index (χ0) is 18.0. The molecule has 0 bridgehead atoms. The lowest BCUT2D eigenvalue weighted by atomic mass is 10.0. The molecule has 1 unspecified atom stereocenters. The average Bonchev–Trinajstić information content (AvgIpc) is 3.03. The summed E-state index contributed by atoms with van der Waals surface area (Å²) in [5.74, 6) is 0.260. The first-order valence-electron chi connectivity index (χ1n) is 8.66. The van der Waals surface area contributed by atoms with Crippen LogP contribution in [0, 0.1) is 0 Å². The molecule has 7 heteroatoms. The van der Waals surface area contributed by atoms with Gasteiger partial charge >= 0.3 is 0 Å². The van der Waals surface area contributed by atoms with E-state index in [4.69, 9.17) is 23.2 Å². The number of halogens is 2. The molecule has 25 heavy (non-hydrogen) atoms. The molecule has 1 atom stereocenters. The molecule has 2 aliphatic heterocycles. The highest BCUT2D eigenvalue weighted by Gasteiger charge is 2.31. The Kier molecular flexibility index (Phi) is 5.87. The summed E-state index contributed by atoms with van der Waals surface area (Å²) < 4.78 is 0. The van der Waals surface area contributed by atoms with Gasteiger partial charge in [0, 0.05) is 39.6 Å². The Morgan fingerprint density at radius 3 is 2.72 bits per heavy atom. The minimum absolute atomic E-state index is 0.0542. The molecule has 0 radical (unpaired) electrons. The minimum atomic E-state index is 0.0542. The predicted molar refractivity (Wildman–Crippen MR) is 98.8 cm³/mol. The summed E-state index contributed by atoms with van der Waals surface area (Å²) in [4.78, 5) is 30.4. The maximum Gasteiger partial charge on any atom is 0.237 e. The Hall–Kier alpha value is -1.30. The molecule has 0 N–H and O–H groups in total. The maximum absolute atomic E-state index is 12.9. The molecular weight excluding hydrogens is 361 g/mol. The quantitative estimate of drug-likeness (QED) is 0.805. The molecule has 0 saturated carbocycles. The number of rotatable bonds is 3. The smallest absolute Gasteiger partial charge is 0.237 e. The molecule has 2 heterocycles. The van der Waals surface area contributed by atoms with Crippen LogP contribution in [0.3, 0.4) is 0 Å². The summed E-state index contributed by atoms with van der Waals surface area (Å²) >= 11 is 12.1. The van der Waals surface area contributed by atoms with E-state index in [1.54, 1.807) is 11.0 Å². The molecule has 136 valence electrons. The number of carbonyl (C=O) groups excluding carboxylic acids is 2. The van der Waals surface area contributed by atoms with Crippen molar-refractivity contribution in [3.63, 3.8) is 0 Å². The Bertz CT molecular complexity index is 668. The third kappa shape index (κ3) is 4.27. The lowest BCUT2D eigenvalue weighted by Crippen LogP contribution is -2.41. The largest absolute Gasteiger partial charge is 0.344 e. The van der Waals surface area contributed by atoms with E-state index in [9.17, 15) is 9.59 Å². The van der Waals surface area contributed by atoms with Crippen LogP contribution in [0.2, 0.25) is 10.0 Å². The van der Waals surface area contributed by atoms with Gasteiger partial charge in [-0.25, -0.2) is 0 Å². The van der Waals surface area contributed by atoms with Crippen molar-refractivity contribution in [2.45, 2.75) is 25.3 Å². The normalized spacial score (nSPS) is 22.4. The van der Waals surface area contributed by atoms with E-state index in [0.29, 0.717) is 36.1 Å². The zero-order valence-corrected chi connectivity index (χ0v) is 15.9. The number of hydrogen-bond donors (Lipinski definition) is 0. The second-order valence-corrected chi connectivity index (χ2v) is 7.57. The first-order valence-corrected chi connectivity index (χ1v) is 9.42. The van der Waals surface area contributed by atoms with Crippen LogP contribution in [0.1, 0.15) is 30.9 Å². The van der Waals surface area contributed by atoms with Gasteiger partial charge in [0.2, 0.25) is 11.8 Å². The molecule has 0 aromatic heterocycles. The van der Waals surface area contributed by atoms with E-state index in [2.05, 4.69) is 4.90 Å². The van der Waals surface area contributed by atoms with Crippen LogP contribution >= 0.6 is 23.2 Å². The number of carbonyl (C=O) groups is 2. The molecule has 0 aliphatic carbocycles. The van der Waals surface area contributed by atoms with E-state index >= 15 is 0 Å². The maximum atomic E-state index is 12.9. The van der Waals surface area contributed by atoms with Crippen LogP contribution in [-0.2, 0) is 9.59 Å². The summed E-state index contributed by atoms with van der Waals surface area (Å²) in [6.07, 6.45) is 2.39. The van der Waals surface area contributed by atoms with Gasteiger partial charge in [-0.1, -0.05) is 29.3 Å². The fourth-order valence-electron chi connectivity index (χ4n) is 3.54. The van der Waals surface area contributed by atoms with E-state index in [1.807, 2.05) is 24.1 Å². The number of amides is 2. The molecule has 0 spiro atoms. The minimum Gasteiger partial charge on any atom is -0.344 e. The summed E-state index contributed by atoms with van der Waals surface area (Å²) in [5.41, 5.74) is 1.03. The average molecular weight is 384 g/mol. The van der Waals surface area contributed by atoms with Crippen molar-refractivity contribution in [3.8, 4) is 0 Å². The van der Waals surface area contributed by atoms with E-state index in [-0.39, 0.29) is 17.9 Å². The predicted octanol–water partition coefficient (Wildman–Crippen LogP) is 2.82. The molecule has 2 saturated heterocycles. The molecule has 3 rings (SSSR count). The van der Waals surface area contributed by atoms with Gasteiger partial charge in [0.1, 0.15) is 0 Å².